The van der Waals surface area contributed by atoms with Gasteiger partial charge >= 0.3 is 11.9 Å². The molecule has 0 aromatic heterocycles. The van der Waals surface area contributed by atoms with Crippen molar-refractivity contribution in [2.75, 3.05) is 13.2 Å². The molecule has 4 heteroatoms. The third kappa shape index (κ3) is 15.0. The molecule has 1 aromatic rings. The Hall–Kier alpha value is -1.84. The lowest BCUT2D eigenvalue weighted by molar-refractivity contribution is -0.144. The fourth-order valence-electron chi connectivity index (χ4n) is 3.80. The van der Waals surface area contributed by atoms with Crippen molar-refractivity contribution in [1.82, 2.24) is 0 Å². The molecule has 0 fully saturated rings. The Kier molecular flexibility index (Phi) is 17.5. The van der Waals surface area contributed by atoms with E-state index in [-0.39, 0.29) is 11.9 Å². The second-order valence-corrected chi connectivity index (χ2v) is 8.75. The third-order valence-corrected chi connectivity index (χ3v) is 5.84. The Labute approximate surface area is 196 Å². The van der Waals surface area contributed by atoms with E-state index in [4.69, 9.17) is 9.47 Å². The first-order chi connectivity index (χ1) is 15.7. The lowest BCUT2D eigenvalue weighted by atomic mass is 9.99. The molecule has 0 radical (unpaired) electrons. The van der Waals surface area contributed by atoms with Crippen LogP contribution in [0.15, 0.2) is 24.3 Å². The fraction of sp³-hybridized carbons (Fsp3) is 0.714. The summed E-state index contributed by atoms with van der Waals surface area (Å²) in [6, 6.07) is 8.05. The summed E-state index contributed by atoms with van der Waals surface area (Å²) in [7, 11) is 0. The molecule has 1 rings (SSSR count). The molecule has 0 aliphatic carbocycles. The third-order valence-electron chi connectivity index (χ3n) is 5.84. The number of ether oxygens (including phenoxy) is 2. The highest BCUT2D eigenvalue weighted by Gasteiger charge is 2.10. The van der Waals surface area contributed by atoms with E-state index in [1.165, 1.54) is 51.4 Å². The van der Waals surface area contributed by atoms with Crippen LogP contribution in [0.4, 0.5) is 0 Å². The molecule has 32 heavy (non-hydrogen) atoms. The van der Waals surface area contributed by atoms with Crippen molar-refractivity contribution >= 4 is 11.9 Å². The summed E-state index contributed by atoms with van der Waals surface area (Å²) in [5.74, 6) is -0.265. The molecule has 0 bridgehead atoms. The van der Waals surface area contributed by atoms with Gasteiger partial charge in [-0.1, -0.05) is 102 Å². The summed E-state index contributed by atoms with van der Waals surface area (Å²) in [5.41, 5.74) is 2.24. The van der Waals surface area contributed by atoms with Gasteiger partial charge in [-0.25, -0.2) is 0 Å². The zero-order chi connectivity index (χ0) is 23.3. The molecule has 0 heterocycles. The van der Waals surface area contributed by atoms with Crippen LogP contribution in [0.3, 0.4) is 0 Å². The molecule has 0 N–H and O–H groups in total. The van der Waals surface area contributed by atoms with Crippen molar-refractivity contribution in [2.24, 2.45) is 0 Å². The highest BCUT2D eigenvalue weighted by Crippen LogP contribution is 2.15. The highest BCUT2D eigenvalue weighted by atomic mass is 16.5. The number of carbonyl (C=O) groups is 2. The number of carbonyl (C=O) groups excluding carboxylic acids is 2. The Morgan fingerprint density at radius 3 is 1.38 bits per heavy atom. The monoisotopic (exact) mass is 446 g/mol. The largest absolute Gasteiger partial charge is 0.466 e. The van der Waals surface area contributed by atoms with E-state index in [1.807, 2.05) is 24.3 Å². The number of hydrogen-bond donors (Lipinski definition) is 0. The summed E-state index contributed by atoms with van der Waals surface area (Å²) in [6.45, 7) is 5.47. The first-order valence-electron chi connectivity index (χ1n) is 13.0. The molecule has 0 atom stereocenters. The predicted octanol–water partition coefficient (Wildman–Crippen LogP) is 7.36. The summed E-state index contributed by atoms with van der Waals surface area (Å²) in [5, 5.41) is 0. The van der Waals surface area contributed by atoms with E-state index < -0.39 is 0 Å². The number of hydrogen-bond acceptors (Lipinski definition) is 4. The van der Waals surface area contributed by atoms with Gasteiger partial charge in [0.2, 0.25) is 0 Å². The van der Waals surface area contributed by atoms with Crippen LogP contribution in [0, 0.1) is 0 Å². The quantitative estimate of drug-likeness (QED) is 0.155. The van der Waals surface area contributed by atoms with Crippen LogP contribution in [0.1, 0.15) is 115 Å². The number of benzene rings is 1. The van der Waals surface area contributed by atoms with Crippen molar-refractivity contribution in [3.8, 4) is 0 Å². The second kappa shape index (κ2) is 19.8. The van der Waals surface area contributed by atoms with Crippen LogP contribution in [-0.2, 0) is 31.9 Å². The van der Waals surface area contributed by atoms with Gasteiger partial charge in [-0.2, -0.15) is 0 Å². The van der Waals surface area contributed by atoms with Gasteiger partial charge in [0.25, 0.3) is 0 Å². The zero-order valence-electron chi connectivity index (χ0n) is 20.7. The number of rotatable bonds is 20. The van der Waals surface area contributed by atoms with E-state index in [0.717, 1.165) is 36.8 Å². The first-order valence-corrected chi connectivity index (χ1v) is 13.0. The van der Waals surface area contributed by atoms with Crippen LogP contribution in [0.2, 0.25) is 0 Å². The molecule has 0 amide bonds. The summed E-state index contributed by atoms with van der Waals surface area (Å²) < 4.78 is 10.8. The van der Waals surface area contributed by atoms with Crippen molar-refractivity contribution in [3.63, 3.8) is 0 Å². The molecule has 0 unspecified atom stereocenters. The predicted molar refractivity (Wildman–Crippen MR) is 132 cm³/mol. The summed E-state index contributed by atoms with van der Waals surface area (Å²) in [6.07, 6.45) is 16.3. The summed E-state index contributed by atoms with van der Waals surface area (Å²) in [4.78, 5) is 24.1. The lowest BCUT2D eigenvalue weighted by Crippen LogP contribution is -2.10. The second-order valence-electron chi connectivity index (χ2n) is 8.75. The standard InChI is InChI=1S/C28H46O4/c1-3-5-7-9-11-15-23-31-27(29)21-19-25-17-13-14-18-26(25)20-22-28(30)32-24-16-12-10-8-6-4-2/h13-14,17-18H,3-12,15-16,19-24H2,1-2H3. The highest BCUT2D eigenvalue weighted by molar-refractivity contribution is 5.70. The Morgan fingerprint density at radius 1 is 0.594 bits per heavy atom. The molecular weight excluding hydrogens is 400 g/mol. The molecule has 0 spiro atoms. The minimum Gasteiger partial charge on any atom is -0.466 e. The summed E-state index contributed by atoms with van der Waals surface area (Å²) >= 11 is 0. The maximum atomic E-state index is 12.1. The maximum absolute atomic E-state index is 12.1. The van der Waals surface area contributed by atoms with Crippen LogP contribution in [0.5, 0.6) is 0 Å². The van der Waals surface area contributed by atoms with Crippen LogP contribution < -0.4 is 0 Å². The SMILES string of the molecule is CCCCCCCCOC(=O)CCc1ccccc1CCC(=O)OCCCCCCCC. The molecule has 4 nitrogen and oxygen atoms in total. The van der Waals surface area contributed by atoms with Gasteiger partial charge in [0, 0.05) is 12.8 Å². The van der Waals surface area contributed by atoms with E-state index in [9.17, 15) is 9.59 Å². The van der Waals surface area contributed by atoms with Crippen molar-refractivity contribution in [1.29, 1.82) is 0 Å². The fourth-order valence-corrected chi connectivity index (χ4v) is 3.80. The average Bonchev–Trinajstić information content (AvgIpc) is 2.80. The van der Waals surface area contributed by atoms with Gasteiger partial charge in [-0.05, 0) is 36.8 Å². The van der Waals surface area contributed by atoms with Gasteiger partial charge in [-0.15, -0.1) is 0 Å². The van der Waals surface area contributed by atoms with Gasteiger partial charge in [0.15, 0.2) is 0 Å². The minimum absolute atomic E-state index is 0.133. The van der Waals surface area contributed by atoms with Gasteiger partial charge in [0.1, 0.15) is 0 Å². The van der Waals surface area contributed by atoms with Crippen LogP contribution in [0.25, 0.3) is 0 Å². The van der Waals surface area contributed by atoms with Crippen LogP contribution >= 0.6 is 0 Å². The minimum atomic E-state index is -0.133. The molecule has 1 aromatic carbocycles. The molecule has 0 saturated carbocycles. The number of esters is 2. The lowest BCUT2D eigenvalue weighted by Gasteiger charge is -2.10. The van der Waals surface area contributed by atoms with E-state index in [1.54, 1.807) is 0 Å². The van der Waals surface area contributed by atoms with E-state index in [0.29, 0.717) is 38.9 Å². The van der Waals surface area contributed by atoms with E-state index in [2.05, 4.69) is 13.8 Å². The average molecular weight is 447 g/mol. The normalized spacial score (nSPS) is 10.8. The molecule has 0 saturated heterocycles. The Bertz CT molecular complexity index is 558. The van der Waals surface area contributed by atoms with Crippen molar-refractivity contribution in [3.05, 3.63) is 35.4 Å². The molecular formula is C28H46O4. The topological polar surface area (TPSA) is 52.6 Å². The van der Waals surface area contributed by atoms with Crippen LogP contribution in [-0.4, -0.2) is 25.2 Å². The van der Waals surface area contributed by atoms with Gasteiger partial charge < -0.3 is 9.47 Å². The van der Waals surface area contributed by atoms with Gasteiger partial charge in [-0.3, -0.25) is 9.59 Å². The number of unbranched alkanes of at least 4 members (excludes halogenated alkanes) is 10. The molecule has 0 aliphatic rings. The maximum Gasteiger partial charge on any atom is 0.306 e. The first kappa shape index (κ1) is 28.2. The van der Waals surface area contributed by atoms with Crippen molar-refractivity contribution < 1.29 is 19.1 Å². The molecule has 0 aliphatic heterocycles. The van der Waals surface area contributed by atoms with Crippen molar-refractivity contribution in [2.45, 2.75) is 117 Å². The smallest absolute Gasteiger partial charge is 0.306 e. The van der Waals surface area contributed by atoms with Gasteiger partial charge in [0.05, 0.1) is 13.2 Å². The molecule has 182 valence electrons. The zero-order valence-corrected chi connectivity index (χ0v) is 20.7. The Balaban J connectivity index is 2.20. The number of aryl methyl sites for hydroxylation is 2. The van der Waals surface area contributed by atoms with E-state index >= 15 is 0 Å². The Morgan fingerprint density at radius 2 is 0.969 bits per heavy atom.